The van der Waals surface area contributed by atoms with Crippen LogP contribution in [0.15, 0.2) is 53.0 Å². The molecule has 6 N–H and O–H groups in total. The highest BCUT2D eigenvalue weighted by Gasteiger charge is 2.59. The number of unbranched alkanes of at least 4 members (excludes halogenated alkanes) is 2. The van der Waals surface area contributed by atoms with E-state index in [1.165, 1.54) is 0 Å². The minimum Gasteiger partial charge on any atom is -0.511 e. The van der Waals surface area contributed by atoms with Crippen molar-refractivity contribution < 1.29 is 44.4 Å². The number of hydrogen-bond acceptors (Lipinski definition) is 9. The van der Waals surface area contributed by atoms with Crippen LogP contribution >= 0.6 is 0 Å². The van der Waals surface area contributed by atoms with Crippen LogP contribution in [0.5, 0.6) is 5.75 Å². The van der Waals surface area contributed by atoms with Gasteiger partial charge < -0.3 is 26.2 Å². The van der Waals surface area contributed by atoms with Crippen molar-refractivity contribution in [2.24, 2.45) is 17.6 Å². The summed E-state index contributed by atoms with van der Waals surface area (Å²) in [5.41, 5.74) is 3.36. The molecule has 11 nitrogen and oxygen atoms in total. The Morgan fingerprint density at radius 3 is 2.27 bits per heavy atom. The summed E-state index contributed by atoms with van der Waals surface area (Å²) < 4.78 is 0. The number of nitrogens with two attached hydrogens (primary N) is 1. The van der Waals surface area contributed by atoms with Crippen LogP contribution in [-0.2, 0) is 29.0 Å². The number of imide groups is 1. The number of aliphatic hydroxyl groups is 3. The number of carbonyl (C=O) groups is 5. The summed E-state index contributed by atoms with van der Waals surface area (Å²) in [6.07, 6.45) is 3.09. The Morgan fingerprint density at radius 2 is 1.66 bits per heavy atom. The van der Waals surface area contributed by atoms with Gasteiger partial charge in [-0.15, -0.1) is 0 Å². The molecular weight excluding hydrogens is 568 g/mol. The van der Waals surface area contributed by atoms with Crippen molar-refractivity contribution in [1.82, 2.24) is 4.90 Å². The third kappa shape index (κ3) is 4.10. The van der Waals surface area contributed by atoms with E-state index in [-0.39, 0.29) is 53.6 Å². The molecule has 3 aliphatic carbocycles. The summed E-state index contributed by atoms with van der Waals surface area (Å²) in [5.74, 6) is -8.05. The second-order valence-electron chi connectivity index (χ2n) is 12.0. The van der Waals surface area contributed by atoms with Crippen molar-refractivity contribution in [2.75, 3.05) is 0 Å². The normalized spacial score (nSPS) is 24.4. The van der Waals surface area contributed by atoms with E-state index in [1.54, 1.807) is 30.3 Å². The molecule has 4 aliphatic rings. The van der Waals surface area contributed by atoms with Gasteiger partial charge in [0.15, 0.2) is 11.4 Å². The first-order valence-electron chi connectivity index (χ1n) is 14.7. The molecule has 0 radical (unpaired) electrons. The smallest absolute Gasteiger partial charge is 0.261 e. The molecule has 228 valence electrons. The Hall–Kier alpha value is -4.77. The minimum absolute atomic E-state index is 0.0366. The minimum atomic E-state index is -2.66. The Balaban J connectivity index is 1.46. The number of nitrogens with zero attached hydrogens (tertiary/aromatic N) is 1. The molecule has 1 aliphatic heterocycles. The predicted molar refractivity (Wildman–Crippen MR) is 155 cm³/mol. The van der Waals surface area contributed by atoms with E-state index in [1.807, 2.05) is 6.92 Å². The number of Topliss-reactive ketones (excluding diaryl/α,β-unsaturated/α-hetero) is 2. The van der Waals surface area contributed by atoms with E-state index < -0.39 is 69.6 Å². The first-order chi connectivity index (χ1) is 20.9. The molecular formula is C33H32N2O9. The zero-order valence-corrected chi connectivity index (χ0v) is 24.1. The molecule has 0 bridgehead atoms. The van der Waals surface area contributed by atoms with Crippen molar-refractivity contribution in [3.63, 3.8) is 0 Å². The Bertz CT molecular complexity index is 1720. The van der Waals surface area contributed by atoms with Crippen LogP contribution in [0, 0.1) is 11.8 Å². The fourth-order valence-electron chi connectivity index (χ4n) is 7.29. The fourth-order valence-corrected chi connectivity index (χ4v) is 7.29. The molecule has 0 saturated heterocycles. The molecule has 0 unspecified atom stereocenters. The van der Waals surface area contributed by atoms with Crippen LogP contribution in [0.4, 0.5) is 0 Å². The molecule has 0 fully saturated rings. The average molecular weight is 601 g/mol. The fraction of sp³-hybridized carbons (Fsp3) is 0.364. The van der Waals surface area contributed by atoms with Crippen LogP contribution in [0.3, 0.4) is 0 Å². The number of aliphatic hydroxyl groups excluding tert-OH is 2. The number of hydrogen-bond donors (Lipinski definition) is 5. The second kappa shape index (κ2) is 10.4. The van der Waals surface area contributed by atoms with E-state index in [0.29, 0.717) is 12.0 Å². The molecule has 0 saturated carbocycles. The van der Waals surface area contributed by atoms with Gasteiger partial charge in [-0.25, -0.2) is 0 Å². The van der Waals surface area contributed by atoms with Crippen LogP contribution in [0.25, 0.3) is 0 Å². The predicted octanol–water partition coefficient (Wildman–Crippen LogP) is 3.11. The zero-order valence-electron chi connectivity index (χ0n) is 24.1. The number of amides is 3. The number of carbonyl (C=O) groups excluding carboxylic acids is 5. The highest BCUT2D eigenvalue weighted by atomic mass is 16.3. The summed E-state index contributed by atoms with van der Waals surface area (Å²) in [6, 6.07) is 8.10. The maximum Gasteiger partial charge on any atom is 0.261 e. The molecule has 0 spiro atoms. The largest absolute Gasteiger partial charge is 0.511 e. The highest BCUT2D eigenvalue weighted by Crippen LogP contribution is 2.52. The van der Waals surface area contributed by atoms with Crippen LogP contribution < -0.4 is 5.73 Å². The van der Waals surface area contributed by atoms with Gasteiger partial charge in [0.25, 0.3) is 17.7 Å². The van der Waals surface area contributed by atoms with Gasteiger partial charge in [0.05, 0.1) is 23.2 Å². The summed E-state index contributed by atoms with van der Waals surface area (Å²) in [5, 5.41) is 44.8. The van der Waals surface area contributed by atoms with Crippen molar-refractivity contribution in [3.8, 4) is 5.75 Å². The number of phenolic OH excluding ortho intramolecular Hbond substituents is 1. The number of aryl methyl sites for hydroxylation is 1. The summed E-state index contributed by atoms with van der Waals surface area (Å²) in [4.78, 5) is 66.5. The zero-order chi connectivity index (χ0) is 31.7. The maximum absolute atomic E-state index is 14.2. The number of phenols is 1. The first kappa shape index (κ1) is 29.3. The topological polar surface area (TPSA) is 196 Å². The lowest BCUT2D eigenvalue weighted by Crippen LogP contribution is -2.57. The first-order valence-corrected chi connectivity index (χ1v) is 14.7. The maximum atomic E-state index is 14.2. The molecule has 0 aromatic heterocycles. The molecule has 2 aromatic carbocycles. The third-order valence-corrected chi connectivity index (χ3v) is 9.49. The molecule has 44 heavy (non-hydrogen) atoms. The van der Waals surface area contributed by atoms with E-state index in [9.17, 15) is 44.4 Å². The number of ketones is 2. The van der Waals surface area contributed by atoms with Crippen molar-refractivity contribution in [2.45, 2.75) is 64.0 Å². The number of allylic oxidation sites excluding steroid dienone is 2. The van der Waals surface area contributed by atoms with Gasteiger partial charge >= 0.3 is 0 Å². The van der Waals surface area contributed by atoms with E-state index >= 15 is 0 Å². The standard InChI is InChI=1S/C33H32N2O9/c1-2-3-4-7-15-10-17(14-35-31(42)19-8-5-6-9-20(19)32(35)43)26(37)24-21(15)12-16-11-18-13-22(36)25(30(34)41)29(40)33(18,44)28(39)23(16)27(24)38/h5-6,8-10,16,18,36-37,39,44H,2-4,7,11-14H2,1H3,(H2,34,41)/t16-,18+,33+/m1/s1. The van der Waals surface area contributed by atoms with Gasteiger partial charge in [-0.1, -0.05) is 31.9 Å². The number of aromatic hydroxyl groups is 1. The van der Waals surface area contributed by atoms with Crippen LogP contribution in [0.2, 0.25) is 0 Å². The third-order valence-electron chi connectivity index (χ3n) is 9.49. The van der Waals surface area contributed by atoms with Gasteiger partial charge in [0.1, 0.15) is 22.8 Å². The second-order valence-corrected chi connectivity index (χ2v) is 12.0. The Morgan fingerprint density at radius 1 is 1.00 bits per heavy atom. The molecule has 6 rings (SSSR count). The molecule has 11 heteroatoms. The Labute approximate surface area is 252 Å². The number of fused-ring (bicyclic) bond motifs is 4. The van der Waals surface area contributed by atoms with Crippen LogP contribution in [-0.4, -0.2) is 60.2 Å². The van der Waals surface area contributed by atoms with E-state index in [0.717, 1.165) is 29.7 Å². The number of rotatable bonds is 7. The monoisotopic (exact) mass is 600 g/mol. The van der Waals surface area contributed by atoms with Crippen LogP contribution in [0.1, 0.15) is 86.8 Å². The quantitative estimate of drug-likeness (QED) is 0.180. The average Bonchev–Trinajstić information content (AvgIpc) is 3.21. The van der Waals surface area contributed by atoms with Crippen molar-refractivity contribution in [3.05, 3.63) is 86.4 Å². The lowest BCUT2D eigenvalue weighted by atomic mass is 9.60. The summed E-state index contributed by atoms with van der Waals surface area (Å²) in [6.45, 7) is 1.75. The number of primary amides is 1. The van der Waals surface area contributed by atoms with Gasteiger partial charge in [0, 0.05) is 23.5 Å². The lowest BCUT2D eigenvalue weighted by Gasteiger charge is -2.45. The SMILES string of the molecule is CCCCCc1cc(CN2C(=O)c3ccccc3C2=O)c(O)c2c1C[C@H]1C[C@H]3CC(O)=C(C(N)=O)C(=O)[C@@]3(O)C(O)=C1C2=O. The van der Waals surface area contributed by atoms with Gasteiger partial charge in [0.2, 0.25) is 5.78 Å². The highest BCUT2D eigenvalue weighted by molar-refractivity contribution is 6.24. The van der Waals surface area contributed by atoms with E-state index in [2.05, 4.69) is 0 Å². The van der Waals surface area contributed by atoms with E-state index in [4.69, 9.17) is 5.73 Å². The Kier molecular flexibility index (Phi) is 6.96. The van der Waals surface area contributed by atoms with Gasteiger partial charge in [-0.05, 0) is 60.9 Å². The van der Waals surface area contributed by atoms with Crippen molar-refractivity contribution in [1.29, 1.82) is 0 Å². The molecule has 1 heterocycles. The number of benzene rings is 2. The van der Waals surface area contributed by atoms with Gasteiger partial charge in [-0.2, -0.15) is 0 Å². The summed E-state index contributed by atoms with van der Waals surface area (Å²) >= 11 is 0. The molecule has 2 aromatic rings. The lowest BCUT2D eigenvalue weighted by molar-refractivity contribution is -0.144. The van der Waals surface area contributed by atoms with Crippen molar-refractivity contribution >= 4 is 29.3 Å². The molecule has 3 atom stereocenters. The molecule has 3 amide bonds. The summed E-state index contributed by atoms with van der Waals surface area (Å²) in [7, 11) is 0. The van der Waals surface area contributed by atoms with Gasteiger partial charge in [-0.3, -0.25) is 28.9 Å².